The highest BCUT2D eigenvalue weighted by Gasteiger charge is 2.15. The van der Waals surface area contributed by atoms with Crippen molar-refractivity contribution in [1.82, 2.24) is 9.97 Å². The monoisotopic (exact) mass is 229 g/mol. The van der Waals surface area contributed by atoms with E-state index in [1.54, 1.807) is 0 Å². The standard InChI is InChI=1S/C10H16ClN3O/c1-4-5-14(7(2)3)9-8(11)10(15)13-6-12-9/h6-7H,4-5H2,1-3H3,(H,12,13,15). The molecule has 0 spiro atoms. The van der Waals surface area contributed by atoms with Crippen LogP contribution in [-0.4, -0.2) is 22.6 Å². The number of nitrogens with zero attached hydrogens (tertiary/aromatic N) is 2. The van der Waals surface area contributed by atoms with E-state index in [1.165, 1.54) is 6.33 Å². The molecule has 1 heterocycles. The Morgan fingerprint density at radius 3 is 2.80 bits per heavy atom. The van der Waals surface area contributed by atoms with E-state index in [9.17, 15) is 4.79 Å². The molecule has 0 saturated heterocycles. The summed E-state index contributed by atoms with van der Waals surface area (Å²) < 4.78 is 0. The van der Waals surface area contributed by atoms with Crippen molar-refractivity contribution < 1.29 is 0 Å². The number of H-pyrrole nitrogens is 1. The molecule has 0 aliphatic rings. The van der Waals surface area contributed by atoms with Crippen molar-refractivity contribution in [3.05, 3.63) is 21.7 Å². The second-order valence-electron chi connectivity index (χ2n) is 3.66. The summed E-state index contributed by atoms with van der Waals surface area (Å²) >= 11 is 5.92. The Labute approximate surface area is 94.3 Å². The second-order valence-corrected chi connectivity index (χ2v) is 4.03. The molecule has 1 rings (SSSR count). The highest BCUT2D eigenvalue weighted by atomic mass is 35.5. The van der Waals surface area contributed by atoms with Gasteiger partial charge in [0.25, 0.3) is 5.56 Å². The third kappa shape index (κ3) is 2.72. The first-order chi connectivity index (χ1) is 7.07. The van der Waals surface area contributed by atoms with Crippen molar-refractivity contribution in [2.45, 2.75) is 33.2 Å². The molecule has 5 heteroatoms. The van der Waals surface area contributed by atoms with E-state index >= 15 is 0 Å². The molecule has 15 heavy (non-hydrogen) atoms. The fourth-order valence-corrected chi connectivity index (χ4v) is 1.64. The molecule has 4 nitrogen and oxygen atoms in total. The number of anilines is 1. The largest absolute Gasteiger partial charge is 0.353 e. The van der Waals surface area contributed by atoms with Crippen LogP contribution in [0.3, 0.4) is 0 Å². The Morgan fingerprint density at radius 2 is 2.27 bits per heavy atom. The molecule has 0 bridgehead atoms. The van der Waals surface area contributed by atoms with Gasteiger partial charge in [-0.1, -0.05) is 18.5 Å². The van der Waals surface area contributed by atoms with Crippen molar-refractivity contribution in [1.29, 1.82) is 0 Å². The zero-order chi connectivity index (χ0) is 11.4. The van der Waals surface area contributed by atoms with Gasteiger partial charge < -0.3 is 9.88 Å². The number of hydrogen-bond donors (Lipinski definition) is 1. The zero-order valence-corrected chi connectivity index (χ0v) is 10.0. The van der Waals surface area contributed by atoms with Crippen LogP contribution in [0.1, 0.15) is 27.2 Å². The van der Waals surface area contributed by atoms with Crippen LogP contribution < -0.4 is 10.5 Å². The number of aromatic amines is 1. The average molecular weight is 230 g/mol. The molecule has 0 aromatic carbocycles. The quantitative estimate of drug-likeness (QED) is 0.860. The predicted molar refractivity (Wildman–Crippen MR) is 62.6 cm³/mol. The molecule has 1 aromatic rings. The lowest BCUT2D eigenvalue weighted by molar-refractivity contribution is 0.660. The summed E-state index contributed by atoms with van der Waals surface area (Å²) in [6, 6.07) is 0.275. The van der Waals surface area contributed by atoms with Crippen LogP contribution in [0.25, 0.3) is 0 Å². The molecule has 0 radical (unpaired) electrons. The van der Waals surface area contributed by atoms with Crippen LogP contribution in [0.4, 0.5) is 5.82 Å². The maximum Gasteiger partial charge on any atom is 0.271 e. The molecule has 0 fully saturated rings. The van der Waals surface area contributed by atoms with E-state index in [-0.39, 0.29) is 16.6 Å². The molecule has 1 aromatic heterocycles. The normalized spacial score (nSPS) is 10.7. The van der Waals surface area contributed by atoms with Gasteiger partial charge in [-0.15, -0.1) is 0 Å². The van der Waals surface area contributed by atoms with Gasteiger partial charge >= 0.3 is 0 Å². The molecule has 84 valence electrons. The summed E-state index contributed by atoms with van der Waals surface area (Å²) in [5.74, 6) is 0.567. The number of halogens is 1. The van der Waals surface area contributed by atoms with Crippen LogP contribution in [0, 0.1) is 0 Å². The van der Waals surface area contributed by atoms with Crippen molar-refractivity contribution >= 4 is 17.4 Å². The SMILES string of the molecule is CCCN(c1nc[nH]c(=O)c1Cl)C(C)C. The molecule has 0 amide bonds. The summed E-state index contributed by atoms with van der Waals surface area (Å²) in [5.41, 5.74) is -0.289. The van der Waals surface area contributed by atoms with Gasteiger partial charge in [0.1, 0.15) is 5.02 Å². The van der Waals surface area contributed by atoms with Crippen LogP contribution >= 0.6 is 11.6 Å². The first-order valence-corrected chi connectivity index (χ1v) is 5.45. The maximum atomic E-state index is 11.3. The minimum atomic E-state index is -0.289. The second kappa shape index (κ2) is 5.16. The highest BCUT2D eigenvalue weighted by Crippen LogP contribution is 2.20. The third-order valence-electron chi connectivity index (χ3n) is 2.14. The van der Waals surface area contributed by atoms with Crippen LogP contribution in [-0.2, 0) is 0 Å². The van der Waals surface area contributed by atoms with Gasteiger partial charge in [0.2, 0.25) is 0 Å². The minimum absolute atomic E-state index is 0.166. The predicted octanol–water partition coefficient (Wildman–Crippen LogP) is 2.05. The van der Waals surface area contributed by atoms with E-state index in [0.29, 0.717) is 5.82 Å². The Kier molecular flexibility index (Phi) is 4.15. The van der Waals surface area contributed by atoms with Gasteiger partial charge in [-0.05, 0) is 20.3 Å². The number of rotatable bonds is 4. The van der Waals surface area contributed by atoms with Gasteiger partial charge in [0.05, 0.1) is 6.33 Å². The van der Waals surface area contributed by atoms with Gasteiger partial charge in [0, 0.05) is 12.6 Å². The van der Waals surface area contributed by atoms with E-state index in [4.69, 9.17) is 11.6 Å². The summed E-state index contributed by atoms with van der Waals surface area (Å²) in [4.78, 5) is 19.9. The lowest BCUT2D eigenvalue weighted by Crippen LogP contribution is -2.33. The van der Waals surface area contributed by atoms with Crippen molar-refractivity contribution in [3.8, 4) is 0 Å². The molecule has 0 saturated carbocycles. The summed E-state index contributed by atoms with van der Waals surface area (Å²) in [5, 5.41) is 0.166. The first-order valence-electron chi connectivity index (χ1n) is 5.07. The summed E-state index contributed by atoms with van der Waals surface area (Å²) in [7, 11) is 0. The van der Waals surface area contributed by atoms with E-state index in [0.717, 1.165) is 13.0 Å². The fourth-order valence-electron chi connectivity index (χ4n) is 1.42. The molecule has 0 aliphatic carbocycles. The Bertz CT molecular complexity index is 375. The molecule has 0 unspecified atom stereocenters. The number of aromatic nitrogens is 2. The highest BCUT2D eigenvalue weighted by molar-refractivity contribution is 6.32. The van der Waals surface area contributed by atoms with Gasteiger partial charge in [-0.2, -0.15) is 0 Å². The Hall–Kier alpha value is -1.03. The van der Waals surface area contributed by atoms with Crippen molar-refractivity contribution in [2.24, 2.45) is 0 Å². The number of nitrogens with one attached hydrogen (secondary N) is 1. The summed E-state index contributed by atoms with van der Waals surface area (Å²) in [6.07, 6.45) is 2.37. The lowest BCUT2D eigenvalue weighted by Gasteiger charge is -2.27. The van der Waals surface area contributed by atoms with Crippen molar-refractivity contribution in [3.63, 3.8) is 0 Å². The third-order valence-corrected chi connectivity index (χ3v) is 2.48. The Morgan fingerprint density at radius 1 is 1.60 bits per heavy atom. The fraction of sp³-hybridized carbons (Fsp3) is 0.600. The average Bonchev–Trinajstić information content (AvgIpc) is 2.19. The summed E-state index contributed by atoms with van der Waals surface area (Å²) in [6.45, 7) is 7.02. The maximum absolute atomic E-state index is 11.3. The van der Waals surface area contributed by atoms with Gasteiger partial charge in [-0.3, -0.25) is 4.79 Å². The van der Waals surface area contributed by atoms with Crippen LogP contribution in [0.5, 0.6) is 0 Å². The van der Waals surface area contributed by atoms with Crippen LogP contribution in [0.15, 0.2) is 11.1 Å². The van der Waals surface area contributed by atoms with E-state index < -0.39 is 0 Å². The minimum Gasteiger partial charge on any atom is -0.353 e. The van der Waals surface area contributed by atoms with Gasteiger partial charge in [-0.25, -0.2) is 4.98 Å². The topological polar surface area (TPSA) is 49.0 Å². The number of hydrogen-bond acceptors (Lipinski definition) is 3. The van der Waals surface area contributed by atoms with E-state index in [1.807, 2.05) is 4.90 Å². The molecule has 1 N–H and O–H groups in total. The first kappa shape index (κ1) is 12.0. The van der Waals surface area contributed by atoms with Gasteiger partial charge in [0.15, 0.2) is 5.82 Å². The smallest absolute Gasteiger partial charge is 0.271 e. The Balaban J connectivity index is 3.11. The van der Waals surface area contributed by atoms with E-state index in [2.05, 4.69) is 30.7 Å². The lowest BCUT2D eigenvalue weighted by atomic mass is 10.3. The van der Waals surface area contributed by atoms with Crippen LogP contribution in [0.2, 0.25) is 5.02 Å². The van der Waals surface area contributed by atoms with Crippen molar-refractivity contribution in [2.75, 3.05) is 11.4 Å². The molecule has 0 atom stereocenters. The molecular weight excluding hydrogens is 214 g/mol. The molecule has 0 aliphatic heterocycles. The molecular formula is C10H16ClN3O. The zero-order valence-electron chi connectivity index (χ0n) is 9.25.